The monoisotopic (exact) mass is 514 g/mol. The molecule has 0 saturated heterocycles. The van der Waals surface area contributed by atoms with Crippen molar-refractivity contribution in [1.29, 1.82) is 0 Å². The van der Waals surface area contributed by atoms with E-state index in [1.165, 1.54) is 6.92 Å². The molecule has 0 unspecified atom stereocenters. The quantitative estimate of drug-likeness (QED) is 0.256. The topological polar surface area (TPSA) is 104 Å². The number of hydrogen-bond acceptors (Lipinski definition) is 5. The molecular formula is C31H46O6. The third-order valence-corrected chi connectivity index (χ3v) is 11.0. The van der Waals surface area contributed by atoms with E-state index < -0.39 is 35.0 Å². The van der Waals surface area contributed by atoms with Gasteiger partial charge in [-0.3, -0.25) is 4.79 Å². The van der Waals surface area contributed by atoms with E-state index in [0.717, 1.165) is 18.4 Å². The van der Waals surface area contributed by atoms with Gasteiger partial charge in [0.25, 0.3) is 0 Å². The van der Waals surface area contributed by atoms with Crippen molar-refractivity contribution in [3.05, 3.63) is 34.9 Å². The molecule has 3 saturated carbocycles. The molecule has 3 fully saturated rings. The Labute approximate surface area is 221 Å². The second-order valence-corrected chi connectivity index (χ2v) is 13.3. The maximum absolute atomic E-state index is 12.6. The van der Waals surface area contributed by atoms with Crippen LogP contribution in [0.15, 0.2) is 34.9 Å². The highest BCUT2D eigenvalue weighted by Gasteiger charge is 2.69. The lowest BCUT2D eigenvalue weighted by Gasteiger charge is -2.66. The van der Waals surface area contributed by atoms with E-state index in [2.05, 4.69) is 39.8 Å². The zero-order valence-corrected chi connectivity index (χ0v) is 23.6. The number of aliphatic hydroxyl groups excluding tert-OH is 2. The largest absolute Gasteiger partial charge is 0.478 e. The number of aliphatic carboxylic acids is 1. The van der Waals surface area contributed by atoms with Gasteiger partial charge < -0.3 is 20.1 Å². The average Bonchev–Trinajstić information content (AvgIpc) is 3.05. The number of allylic oxidation sites excluding steroid dienone is 4. The summed E-state index contributed by atoms with van der Waals surface area (Å²) < 4.78 is 5.85. The number of carbonyl (C=O) groups is 2. The van der Waals surface area contributed by atoms with Crippen LogP contribution in [0, 0.1) is 39.9 Å². The van der Waals surface area contributed by atoms with Crippen LogP contribution in [0.2, 0.25) is 0 Å². The van der Waals surface area contributed by atoms with Crippen LogP contribution in [0.3, 0.4) is 0 Å². The summed E-state index contributed by atoms with van der Waals surface area (Å²) in [5.74, 6) is -1.35. The summed E-state index contributed by atoms with van der Waals surface area (Å²) in [4.78, 5) is 24.8. The lowest BCUT2D eigenvalue weighted by Crippen LogP contribution is -2.64. The first kappa shape index (κ1) is 28.1. The van der Waals surface area contributed by atoms with E-state index >= 15 is 0 Å². The molecule has 0 bridgehead atoms. The van der Waals surface area contributed by atoms with Gasteiger partial charge in [-0.2, -0.15) is 0 Å². The van der Waals surface area contributed by atoms with Gasteiger partial charge in [0.05, 0.1) is 12.2 Å². The van der Waals surface area contributed by atoms with Crippen molar-refractivity contribution in [2.75, 3.05) is 0 Å². The van der Waals surface area contributed by atoms with E-state index in [1.807, 2.05) is 19.9 Å². The number of carbonyl (C=O) groups excluding carboxylic acids is 1. The first-order chi connectivity index (χ1) is 17.2. The van der Waals surface area contributed by atoms with Crippen molar-refractivity contribution in [3.63, 3.8) is 0 Å². The van der Waals surface area contributed by atoms with Gasteiger partial charge in [-0.1, -0.05) is 51.5 Å². The van der Waals surface area contributed by atoms with Crippen molar-refractivity contribution < 1.29 is 29.6 Å². The fourth-order valence-electron chi connectivity index (χ4n) is 9.12. The third kappa shape index (κ3) is 4.32. The number of fused-ring (bicyclic) bond motifs is 5. The molecular weight excluding hydrogens is 468 g/mol. The predicted octanol–water partition coefficient (Wildman–Crippen LogP) is 5.44. The minimum Gasteiger partial charge on any atom is -0.478 e. The molecule has 0 aromatic rings. The summed E-state index contributed by atoms with van der Waals surface area (Å²) in [6, 6.07) is 0. The Morgan fingerprint density at radius 1 is 1.14 bits per heavy atom. The van der Waals surface area contributed by atoms with E-state index in [0.29, 0.717) is 36.8 Å². The van der Waals surface area contributed by atoms with Gasteiger partial charge in [0.2, 0.25) is 0 Å². The van der Waals surface area contributed by atoms with Crippen molar-refractivity contribution >= 4 is 11.9 Å². The fourth-order valence-corrected chi connectivity index (χ4v) is 9.12. The van der Waals surface area contributed by atoms with Crippen LogP contribution in [0.5, 0.6) is 0 Å². The van der Waals surface area contributed by atoms with E-state index in [9.17, 15) is 24.9 Å². The number of hydrogen-bond donors (Lipinski definition) is 3. The minimum absolute atomic E-state index is 0.0394. The van der Waals surface area contributed by atoms with Crippen LogP contribution >= 0.6 is 0 Å². The molecule has 6 heteroatoms. The molecule has 206 valence electrons. The highest BCUT2D eigenvalue weighted by atomic mass is 16.5. The van der Waals surface area contributed by atoms with Gasteiger partial charge in [0.1, 0.15) is 6.10 Å². The van der Waals surface area contributed by atoms with Gasteiger partial charge in [-0.05, 0) is 91.9 Å². The van der Waals surface area contributed by atoms with Gasteiger partial charge in [0.15, 0.2) is 0 Å². The molecule has 6 nitrogen and oxygen atoms in total. The molecule has 3 N–H and O–H groups in total. The van der Waals surface area contributed by atoms with Crippen LogP contribution in [0.25, 0.3) is 0 Å². The van der Waals surface area contributed by atoms with Crippen LogP contribution < -0.4 is 0 Å². The molecule has 0 heterocycles. The van der Waals surface area contributed by atoms with E-state index in [1.54, 1.807) is 0 Å². The highest BCUT2D eigenvalue weighted by molar-refractivity contribution is 5.88. The first-order valence-corrected chi connectivity index (χ1v) is 14.0. The average molecular weight is 515 g/mol. The number of esters is 1. The van der Waals surface area contributed by atoms with Gasteiger partial charge in [-0.25, -0.2) is 4.79 Å². The minimum atomic E-state index is -0.971. The second-order valence-electron chi connectivity index (χ2n) is 13.3. The Morgan fingerprint density at radius 3 is 2.41 bits per heavy atom. The second kappa shape index (κ2) is 9.68. The third-order valence-electron chi connectivity index (χ3n) is 11.0. The molecule has 0 spiro atoms. The number of rotatable bonds is 5. The van der Waals surface area contributed by atoms with Crippen LogP contribution in [-0.4, -0.2) is 45.6 Å². The first-order valence-electron chi connectivity index (χ1n) is 14.0. The molecule has 0 radical (unpaired) electrons. The molecule has 10 atom stereocenters. The summed E-state index contributed by atoms with van der Waals surface area (Å²) in [6.45, 7) is 14.2. The summed E-state index contributed by atoms with van der Waals surface area (Å²) in [5, 5.41) is 32.8. The van der Waals surface area contributed by atoms with Gasteiger partial charge in [-0.15, -0.1) is 0 Å². The smallest absolute Gasteiger partial charge is 0.331 e. The predicted molar refractivity (Wildman–Crippen MR) is 142 cm³/mol. The molecule has 0 amide bonds. The van der Waals surface area contributed by atoms with Gasteiger partial charge in [0, 0.05) is 18.4 Å². The molecule has 37 heavy (non-hydrogen) atoms. The number of carboxylic acid groups (broad SMARTS) is 1. The van der Waals surface area contributed by atoms with Crippen molar-refractivity contribution in [1.82, 2.24) is 0 Å². The number of aliphatic hydroxyl groups is 2. The Hall–Kier alpha value is -1.92. The maximum atomic E-state index is 12.6. The maximum Gasteiger partial charge on any atom is 0.331 e. The highest BCUT2D eigenvalue weighted by Crippen LogP contribution is 2.72. The number of ether oxygens (including phenoxy) is 1. The zero-order valence-electron chi connectivity index (χ0n) is 23.6. The molecule has 0 aromatic carbocycles. The Morgan fingerprint density at radius 2 is 1.81 bits per heavy atom. The van der Waals surface area contributed by atoms with Crippen LogP contribution in [0.4, 0.5) is 0 Å². The zero-order chi connectivity index (χ0) is 27.5. The molecule has 4 aliphatic rings. The lowest BCUT2D eigenvalue weighted by molar-refractivity contribution is -0.187. The van der Waals surface area contributed by atoms with Crippen LogP contribution in [-0.2, 0) is 14.3 Å². The lowest BCUT2D eigenvalue weighted by atomic mass is 9.38. The van der Waals surface area contributed by atoms with E-state index in [4.69, 9.17) is 4.74 Å². The SMILES string of the molecule is CC(=O)O[C@H]1C[C@@]2(C)[C@@H](C[C@@H](O)[C@H]3[C@@]4(C)CC[C@@H](O)[C@@H](C)[C@@H]4C=C[C@@]32C)/C1=C(\CCC=C(C)C)C(=O)O. The molecule has 0 aromatic heterocycles. The van der Waals surface area contributed by atoms with Crippen molar-refractivity contribution in [2.24, 2.45) is 39.9 Å². The Kier molecular flexibility index (Phi) is 7.35. The summed E-state index contributed by atoms with van der Waals surface area (Å²) in [6.07, 6.45) is 8.49. The molecule has 4 rings (SSSR count). The standard InChI is InChI=1S/C31H46O6/c1-17(2)9-8-10-20(28(35)36)26-22-15-24(34)27-29(5)13-12-23(33)18(3)21(29)11-14-30(27,6)31(22,7)16-25(26)37-19(4)32/h9,11,14,18,21-25,27,33-34H,8,10,12-13,15-16H2,1-7H3,(H,35,36)/b26-20-/t18-,21-,22-,23+,24+,25-,27-,29-,30-,31-/m0/s1. The van der Waals surface area contributed by atoms with Crippen molar-refractivity contribution in [3.8, 4) is 0 Å². The summed E-state index contributed by atoms with van der Waals surface area (Å²) >= 11 is 0. The van der Waals surface area contributed by atoms with Crippen molar-refractivity contribution in [2.45, 2.75) is 105 Å². The Balaban J connectivity index is 1.86. The fraction of sp³-hybridized carbons (Fsp3) is 0.742. The Bertz CT molecular complexity index is 1040. The number of carboxylic acids is 1. The molecule has 4 aliphatic carbocycles. The van der Waals surface area contributed by atoms with E-state index in [-0.39, 0.29) is 35.2 Å². The summed E-state index contributed by atoms with van der Waals surface area (Å²) in [7, 11) is 0. The molecule has 0 aliphatic heterocycles. The summed E-state index contributed by atoms with van der Waals surface area (Å²) in [5.41, 5.74) is 1.15. The van der Waals surface area contributed by atoms with Gasteiger partial charge >= 0.3 is 11.9 Å². The van der Waals surface area contributed by atoms with Crippen LogP contribution in [0.1, 0.15) is 87.0 Å². The normalized spacial score (nSPS) is 45.8.